The molecule has 50 heavy (non-hydrogen) atoms. The maximum Gasteiger partial charge on any atom is 0.186 e. The second kappa shape index (κ2) is 20.4. The minimum Gasteiger partial charge on any atom is -0.393 e. The van der Waals surface area contributed by atoms with Crippen LogP contribution in [-0.4, -0.2) is 138 Å². The number of carbonyl (C=O) groups is 1. The van der Waals surface area contributed by atoms with E-state index in [0.717, 1.165) is 0 Å². The Hall–Kier alpha value is -1.89. The number of aryl methyl sites for hydroxylation is 1. The summed E-state index contributed by atoms with van der Waals surface area (Å²) < 4.78 is 20.4. The number of ether oxygens (including phenoxy) is 3. The molecule has 0 saturated carbocycles. The molecule has 11 atom stereocenters. The van der Waals surface area contributed by atoms with Gasteiger partial charge in [0.1, 0.15) is 24.5 Å². The predicted molar refractivity (Wildman–Crippen MR) is 186 cm³/mol. The molecule has 2 aliphatic heterocycles. The van der Waals surface area contributed by atoms with Gasteiger partial charge in [-0.2, -0.15) is 5.10 Å². The highest BCUT2D eigenvalue weighted by molar-refractivity contribution is 5.82. The third kappa shape index (κ3) is 12.4. The van der Waals surface area contributed by atoms with Crippen LogP contribution in [0.3, 0.4) is 0 Å². The van der Waals surface area contributed by atoms with Crippen molar-refractivity contribution in [3.63, 3.8) is 0 Å². The van der Waals surface area contributed by atoms with E-state index in [1.54, 1.807) is 17.9 Å². The summed E-state index contributed by atoms with van der Waals surface area (Å²) in [7, 11) is 0. The second-order valence-corrected chi connectivity index (χ2v) is 14.7. The van der Waals surface area contributed by atoms with Gasteiger partial charge in [-0.15, -0.1) is 0 Å². The number of ketones is 1. The van der Waals surface area contributed by atoms with E-state index in [0.29, 0.717) is 52.0 Å². The Labute approximate surface area is 297 Å². The van der Waals surface area contributed by atoms with Gasteiger partial charge < -0.3 is 51.2 Å². The van der Waals surface area contributed by atoms with E-state index in [-0.39, 0.29) is 43.3 Å². The van der Waals surface area contributed by atoms with Crippen molar-refractivity contribution in [1.29, 1.82) is 0 Å². The summed E-state index contributed by atoms with van der Waals surface area (Å²) in [6.45, 7) is 11.8. The summed E-state index contributed by atoms with van der Waals surface area (Å²) in [6, 6.07) is -0.716. The fraction of sp³-hybridized carbons (Fsp3) is 0.857. The van der Waals surface area contributed by atoms with Crippen LogP contribution in [0, 0.1) is 17.8 Å². The Morgan fingerprint density at radius 3 is 2.36 bits per heavy atom. The summed E-state index contributed by atoms with van der Waals surface area (Å²) in [4.78, 5) is 19.7. The minimum atomic E-state index is -1.89. The first-order chi connectivity index (χ1) is 23.7. The van der Waals surface area contributed by atoms with Gasteiger partial charge in [0.05, 0.1) is 48.6 Å². The Balaban J connectivity index is 1.90. The molecule has 3 rings (SSSR count). The SMILES string of the molecule is CC(C)/C=C/[C@@H](CC1O[C@](O)(C[C@@H](O)C(C)C)CC(O)[C@H]1C(=O)CCCn1cncn1)OC1OC(C)C(O)C(N(CCCN)CCCN)C1O. The van der Waals surface area contributed by atoms with Gasteiger partial charge in [-0.1, -0.05) is 39.8 Å². The average molecular weight is 713 g/mol. The van der Waals surface area contributed by atoms with Gasteiger partial charge >= 0.3 is 0 Å². The highest BCUT2D eigenvalue weighted by Crippen LogP contribution is 2.39. The van der Waals surface area contributed by atoms with Crippen LogP contribution < -0.4 is 11.5 Å². The molecule has 2 saturated heterocycles. The lowest BCUT2D eigenvalue weighted by atomic mass is 9.79. The molecular formula is C35H64N6O9. The monoisotopic (exact) mass is 712 g/mol. The van der Waals surface area contributed by atoms with Crippen molar-refractivity contribution < 1.29 is 44.5 Å². The van der Waals surface area contributed by atoms with Crippen molar-refractivity contribution in [2.75, 3.05) is 26.2 Å². The molecule has 0 radical (unpaired) electrons. The number of aromatic nitrogens is 3. The highest BCUT2D eigenvalue weighted by Gasteiger charge is 2.51. The molecule has 7 unspecified atom stereocenters. The lowest BCUT2D eigenvalue weighted by Crippen LogP contribution is -2.64. The Morgan fingerprint density at radius 1 is 1.10 bits per heavy atom. The van der Waals surface area contributed by atoms with E-state index in [9.17, 15) is 30.3 Å². The van der Waals surface area contributed by atoms with Gasteiger partial charge in [0.15, 0.2) is 12.1 Å². The van der Waals surface area contributed by atoms with Crippen LogP contribution in [0.25, 0.3) is 0 Å². The first kappa shape index (κ1) is 42.5. The topological polar surface area (TPSA) is 232 Å². The van der Waals surface area contributed by atoms with Crippen LogP contribution in [0.15, 0.2) is 24.8 Å². The molecule has 1 aromatic rings. The van der Waals surface area contributed by atoms with Gasteiger partial charge in [-0.25, -0.2) is 4.98 Å². The van der Waals surface area contributed by atoms with E-state index < -0.39 is 66.8 Å². The van der Waals surface area contributed by atoms with Gasteiger partial charge in [0.25, 0.3) is 0 Å². The number of hydrogen-bond donors (Lipinski definition) is 7. The maximum atomic E-state index is 13.8. The van der Waals surface area contributed by atoms with E-state index in [1.165, 1.54) is 6.33 Å². The molecule has 2 aliphatic rings. The largest absolute Gasteiger partial charge is 0.393 e. The maximum absolute atomic E-state index is 13.8. The van der Waals surface area contributed by atoms with Crippen LogP contribution in [0.2, 0.25) is 0 Å². The lowest BCUT2D eigenvalue weighted by Gasteiger charge is -2.48. The number of Topliss-reactive ketones (excluding diaryl/α,β-unsaturated/α-hetero) is 1. The lowest BCUT2D eigenvalue weighted by molar-refractivity contribution is -0.311. The summed E-state index contributed by atoms with van der Waals surface area (Å²) in [6.07, 6.45) is 0.184. The van der Waals surface area contributed by atoms with Gasteiger partial charge in [0, 0.05) is 32.2 Å². The predicted octanol–water partition coefficient (Wildman–Crippen LogP) is 0.311. The fourth-order valence-electron chi connectivity index (χ4n) is 6.83. The van der Waals surface area contributed by atoms with Crippen LogP contribution in [0.4, 0.5) is 0 Å². The molecule has 15 nitrogen and oxygen atoms in total. The standard InChI is InChI=1S/C35H64N6O9/c1-22(2)10-11-25(49-34-33(46)31(32(45)24(5)48-34)40(14-7-12-36)15-8-13-37)17-29-30(26(42)9-6-16-41-21-38-20-39-41)28(44)19-35(47,50-29)18-27(43)23(3)4/h10-11,20-25,27-34,43-47H,6-9,12-19,36-37H2,1-5H3/b11-10+/t24?,25-,27+,28?,29?,30+,31?,32?,33?,34?,35+/m0/s1. The molecule has 15 heteroatoms. The van der Waals surface area contributed by atoms with E-state index in [4.69, 9.17) is 25.7 Å². The normalized spacial score (nSPS) is 32.0. The number of carbonyl (C=O) groups excluding carboxylic acids is 1. The van der Waals surface area contributed by atoms with E-state index >= 15 is 0 Å². The Kier molecular flexibility index (Phi) is 17.3. The zero-order valence-corrected chi connectivity index (χ0v) is 30.5. The van der Waals surface area contributed by atoms with Crippen molar-refractivity contribution in [2.24, 2.45) is 29.2 Å². The van der Waals surface area contributed by atoms with Crippen molar-refractivity contribution in [2.45, 2.75) is 147 Å². The quantitative estimate of drug-likeness (QED) is 0.0851. The first-order valence-corrected chi connectivity index (χ1v) is 18.3. The van der Waals surface area contributed by atoms with Crippen LogP contribution in [0.1, 0.15) is 79.6 Å². The molecule has 9 N–H and O–H groups in total. The molecule has 0 aliphatic carbocycles. The number of aliphatic hydroxyl groups excluding tert-OH is 4. The molecular weight excluding hydrogens is 648 g/mol. The first-order valence-electron chi connectivity index (χ1n) is 18.3. The smallest absolute Gasteiger partial charge is 0.186 e. The number of nitrogens with two attached hydrogens (primary N) is 2. The zero-order valence-electron chi connectivity index (χ0n) is 30.5. The Morgan fingerprint density at radius 2 is 1.78 bits per heavy atom. The number of rotatable bonds is 21. The molecule has 1 aromatic heterocycles. The van der Waals surface area contributed by atoms with Gasteiger partial charge in [-0.3, -0.25) is 14.4 Å². The summed E-state index contributed by atoms with van der Waals surface area (Å²) in [5.41, 5.74) is 11.6. The molecule has 0 spiro atoms. The number of nitrogens with zero attached hydrogens (tertiary/aromatic N) is 4. The van der Waals surface area contributed by atoms with Gasteiger partial charge in [-0.05, 0) is 64.2 Å². The van der Waals surface area contributed by atoms with Crippen molar-refractivity contribution in [3.8, 4) is 0 Å². The molecule has 288 valence electrons. The van der Waals surface area contributed by atoms with Crippen LogP contribution >= 0.6 is 0 Å². The molecule has 0 bridgehead atoms. The molecule has 3 heterocycles. The number of aliphatic hydroxyl groups is 5. The summed E-state index contributed by atoms with van der Waals surface area (Å²) in [5, 5.41) is 60.6. The van der Waals surface area contributed by atoms with E-state index in [2.05, 4.69) is 10.1 Å². The van der Waals surface area contributed by atoms with Crippen molar-refractivity contribution >= 4 is 5.78 Å². The number of allylic oxidation sites excluding steroid dienone is 1. The molecule has 2 fully saturated rings. The van der Waals surface area contributed by atoms with Crippen LogP contribution in [0.5, 0.6) is 0 Å². The summed E-state index contributed by atoms with van der Waals surface area (Å²) >= 11 is 0. The van der Waals surface area contributed by atoms with Crippen LogP contribution in [-0.2, 0) is 25.5 Å². The second-order valence-electron chi connectivity index (χ2n) is 14.7. The molecule has 0 amide bonds. The Bertz CT molecular complexity index is 1140. The average Bonchev–Trinajstić information content (AvgIpc) is 3.56. The fourth-order valence-corrected chi connectivity index (χ4v) is 6.83. The van der Waals surface area contributed by atoms with Crippen molar-refractivity contribution in [1.82, 2.24) is 19.7 Å². The zero-order chi connectivity index (χ0) is 37.0. The number of hydrogen-bond acceptors (Lipinski definition) is 14. The third-order valence-corrected chi connectivity index (χ3v) is 9.67. The third-order valence-electron chi connectivity index (χ3n) is 9.67. The minimum absolute atomic E-state index is 0.0259. The summed E-state index contributed by atoms with van der Waals surface area (Å²) in [5.74, 6) is -3.17. The van der Waals surface area contributed by atoms with Gasteiger partial charge in [0.2, 0.25) is 0 Å². The van der Waals surface area contributed by atoms with E-state index in [1.807, 2.05) is 44.7 Å². The molecule has 0 aromatic carbocycles. The highest BCUT2D eigenvalue weighted by atomic mass is 16.7. The van der Waals surface area contributed by atoms with Crippen molar-refractivity contribution in [3.05, 3.63) is 24.8 Å².